The molecule has 0 spiro atoms. The van der Waals surface area contributed by atoms with Crippen molar-refractivity contribution < 1.29 is 9.90 Å². The van der Waals surface area contributed by atoms with Crippen molar-refractivity contribution in [1.29, 1.82) is 0 Å². The van der Waals surface area contributed by atoms with E-state index in [1.54, 1.807) is 11.8 Å². The maximum atomic E-state index is 11.1. The van der Waals surface area contributed by atoms with Crippen LogP contribution in [0.15, 0.2) is 0 Å². The van der Waals surface area contributed by atoms with Crippen LogP contribution in [0.3, 0.4) is 0 Å². The molecule has 0 saturated heterocycles. The molecule has 0 amide bonds. The quantitative estimate of drug-likeness (QED) is 0.785. The van der Waals surface area contributed by atoms with Crippen molar-refractivity contribution in [2.24, 2.45) is 5.92 Å². The predicted molar refractivity (Wildman–Crippen MR) is 58.6 cm³/mol. The van der Waals surface area contributed by atoms with Crippen molar-refractivity contribution in [2.45, 2.75) is 55.4 Å². The molecule has 2 nitrogen and oxygen atoms in total. The number of carbonyl (C=O) groups is 1. The summed E-state index contributed by atoms with van der Waals surface area (Å²) in [7, 11) is 0. The van der Waals surface area contributed by atoms with Crippen LogP contribution in [-0.2, 0) is 4.79 Å². The largest absolute Gasteiger partial charge is 0.480 e. The van der Waals surface area contributed by atoms with Gasteiger partial charge in [-0.3, -0.25) is 4.79 Å². The van der Waals surface area contributed by atoms with Gasteiger partial charge in [0.15, 0.2) is 0 Å². The SMILES string of the molecule is CC1CC1(SC1CCCCC1)C(=O)O. The van der Waals surface area contributed by atoms with E-state index < -0.39 is 10.7 Å². The van der Waals surface area contributed by atoms with Crippen LogP contribution in [0.1, 0.15) is 45.4 Å². The first-order chi connectivity index (χ1) is 6.65. The van der Waals surface area contributed by atoms with Gasteiger partial charge in [-0.15, -0.1) is 11.8 Å². The third-order valence-corrected chi connectivity index (χ3v) is 5.51. The fourth-order valence-corrected chi connectivity index (χ4v) is 4.23. The molecular formula is C11H18O2S. The number of aliphatic carboxylic acids is 1. The Balaban J connectivity index is 1.92. The minimum absolute atomic E-state index is 0.381. The lowest BCUT2D eigenvalue weighted by atomic mass is 10.0. The van der Waals surface area contributed by atoms with Gasteiger partial charge in [0, 0.05) is 5.25 Å². The lowest BCUT2D eigenvalue weighted by Gasteiger charge is -2.24. The highest BCUT2D eigenvalue weighted by molar-refractivity contribution is 8.02. The van der Waals surface area contributed by atoms with Crippen LogP contribution in [0, 0.1) is 5.92 Å². The zero-order chi connectivity index (χ0) is 10.2. The van der Waals surface area contributed by atoms with Crippen LogP contribution >= 0.6 is 11.8 Å². The van der Waals surface area contributed by atoms with Crippen LogP contribution in [0.2, 0.25) is 0 Å². The van der Waals surface area contributed by atoms with Crippen molar-refractivity contribution in [3.05, 3.63) is 0 Å². The minimum atomic E-state index is -0.583. The van der Waals surface area contributed by atoms with Gasteiger partial charge in [0.2, 0.25) is 0 Å². The van der Waals surface area contributed by atoms with Gasteiger partial charge in [0.25, 0.3) is 0 Å². The van der Waals surface area contributed by atoms with E-state index in [4.69, 9.17) is 0 Å². The fourth-order valence-electron chi connectivity index (χ4n) is 2.39. The maximum Gasteiger partial charge on any atom is 0.320 e. The monoisotopic (exact) mass is 214 g/mol. The summed E-state index contributed by atoms with van der Waals surface area (Å²) in [6.45, 7) is 2.06. The van der Waals surface area contributed by atoms with Gasteiger partial charge >= 0.3 is 5.97 Å². The first-order valence-electron chi connectivity index (χ1n) is 5.56. The summed E-state index contributed by atoms with van der Waals surface area (Å²) in [4.78, 5) is 11.1. The van der Waals surface area contributed by atoms with Gasteiger partial charge in [0.1, 0.15) is 4.75 Å². The van der Waals surface area contributed by atoms with Crippen molar-refractivity contribution >= 4 is 17.7 Å². The maximum absolute atomic E-state index is 11.1. The van der Waals surface area contributed by atoms with Crippen molar-refractivity contribution in [2.75, 3.05) is 0 Å². The van der Waals surface area contributed by atoms with E-state index in [0.29, 0.717) is 11.2 Å². The summed E-state index contributed by atoms with van der Waals surface area (Å²) in [6.07, 6.45) is 7.26. The van der Waals surface area contributed by atoms with Gasteiger partial charge in [-0.05, 0) is 25.2 Å². The molecule has 2 aliphatic carbocycles. The second-order valence-electron chi connectivity index (χ2n) is 4.68. The molecule has 0 aromatic heterocycles. The highest BCUT2D eigenvalue weighted by Crippen LogP contribution is 2.57. The second-order valence-corrected chi connectivity index (χ2v) is 6.31. The summed E-state index contributed by atoms with van der Waals surface area (Å²) in [5.74, 6) is -0.201. The van der Waals surface area contributed by atoms with Gasteiger partial charge in [-0.1, -0.05) is 26.2 Å². The van der Waals surface area contributed by atoms with E-state index in [2.05, 4.69) is 6.92 Å². The van der Waals surface area contributed by atoms with E-state index >= 15 is 0 Å². The third-order valence-electron chi connectivity index (χ3n) is 3.54. The molecule has 2 rings (SSSR count). The zero-order valence-electron chi connectivity index (χ0n) is 8.66. The Morgan fingerprint density at radius 1 is 1.36 bits per heavy atom. The number of thioether (sulfide) groups is 1. The van der Waals surface area contributed by atoms with Crippen LogP contribution in [-0.4, -0.2) is 21.1 Å². The lowest BCUT2D eigenvalue weighted by Crippen LogP contribution is -2.25. The fraction of sp³-hybridized carbons (Fsp3) is 0.909. The Bertz CT molecular complexity index is 235. The molecular weight excluding hydrogens is 196 g/mol. The topological polar surface area (TPSA) is 37.3 Å². The van der Waals surface area contributed by atoms with E-state index in [1.807, 2.05) is 0 Å². The molecule has 0 aromatic carbocycles. The molecule has 80 valence electrons. The smallest absolute Gasteiger partial charge is 0.320 e. The molecule has 2 saturated carbocycles. The summed E-state index contributed by atoms with van der Waals surface area (Å²) >= 11 is 1.75. The van der Waals surface area contributed by atoms with Gasteiger partial charge < -0.3 is 5.11 Å². The normalized spacial score (nSPS) is 38.2. The number of hydrogen-bond acceptors (Lipinski definition) is 2. The molecule has 0 aromatic rings. The zero-order valence-corrected chi connectivity index (χ0v) is 9.48. The van der Waals surface area contributed by atoms with Crippen molar-refractivity contribution in [3.63, 3.8) is 0 Å². The average molecular weight is 214 g/mol. The number of carboxylic acids is 1. The Kier molecular flexibility index (Phi) is 2.78. The summed E-state index contributed by atoms with van der Waals surface area (Å²) in [5, 5.41) is 9.80. The molecule has 14 heavy (non-hydrogen) atoms. The molecule has 0 radical (unpaired) electrons. The van der Waals surface area contributed by atoms with Gasteiger partial charge in [0.05, 0.1) is 0 Å². The molecule has 2 aliphatic rings. The van der Waals surface area contributed by atoms with E-state index in [9.17, 15) is 9.90 Å². The summed E-state index contributed by atoms with van der Waals surface area (Å²) in [5.41, 5.74) is 0. The molecule has 0 aliphatic heterocycles. The Labute approximate surface area is 89.5 Å². The molecule has 3 heteroatoms. The highest BCUT2D eigenvalue weighted by atomic mass is 32.2. The van der Waals surface area contributed by atoms with Gasteiger partial charge in [-0.25, -0.2) is 0 Å². The summed E-state index contributed by atoms with van der Waals surface area (Å²) in [6, 6.07) is 0. The number of rotatable bonds is 3. The third kappa shape index (κ3) is 1.79. The Morgan fingerprint density at radius 2 is 1.93 bits per heavy atom. The molecule has 2 fully saturated rings. The van der Waals surface area contributed by atoms with Crippen LogP contribution in [0.4, 0.5) is 0 Å². The molecule has 2 unspecified atom stereocenters. The first kappa shape index (κ1) is 10.3. The van der Waals surface area contributed by atoms with Crippen LogP contribution in [0.25, 0.3) is 0 Å². The number of hydrogen-bond donors (Lipinski definition) is 1. The standard InChI is InChI=1S/C11H18O2S/c1-8-7-11(8,10(12)13)14-9-5-3-2-4-6-9/h8-9H,2-7H2,1H3,(H,12,13). The van der Waals surface area contributed by atoms with E-state index in [-0.39, 0.29) is 0 Å². The minimum Gasteiger partial charge on any atom is -0.480 e. The van der Waals surface area contributed by atoms with Gasteiger partial charge in [-0.2, -0.15) is 0 Å². The van der Waals surface area contributed by atoms with Crippen molar-refractivity contribution in [1.82, 2.24) is 0 Å². The number of carboxylic acid groups (broad SMARTS) is 1. The summed E-state index contributed by atoms with van der Waals surface area (Å²) < 4.78 is -0.401. The van der Waals surface area contributed by atoms with Crippen LogP contribution in [0.5, 0.6) is 0 Å². The Hall–Kier alpha value is -0.180. The Morgan fingerprint density at radius 3 is 2.36 bits per heavy atom. The molecule has 0 bridgehead atoms. The molecule has 0 heterocycles. The lowest BCUT2D eigenvalue weighted by molar-refractivity contribution is -0.137. The first-order valence-corrected chi connectivity index (χ1v) is 6.44. The highest BCUT2D eigenvalue weighted by Gasteiger charge is 2.59. The van der Waals surface area contributed by atoms with Crippen LogP contribution < -0.4 is 0 Å². The molecule has 2 atom stereocenters. The van der Waals surface area contributed by atoms with E-state index in [1.165, 1.54) is 32.1 Å². The van der Waals surface area contributed by atoms with Crippen molar-refractivity contribution in [3.8, 4) is 0 Å². The van der Waals surface area contributed by atoms with E-state index in [0.717, 1.165) is 6.42 Å². The molecule has 1 N–H and O–H groups in total. The second kappa shape index (κ2) is 3.76. The average Bonchev–Trinajstić information content (AvgIpc) is 2.80. The predicted octanol–water partition coefficient (Wildman–Crippen LogP) is 2.92.